The van der Waals surface area contributed by atoms with E-state index in [1.165, 1.54) is 0 Å². The SMILES string of the molecule is C#Cc1ccc(-c2ccccn2)nc1.C#Cc1ccc(-c2ccccn2)nc1.C#Cc1ccc(-c2ccccn2)nc1.[Co+2]. The summed E-state index contributed by atoms with van der Waals surface area (Å²) < 4.78 is 0. The second kappa shape index (κ2) is 17.0. The molecule has 0 bridgehead atoms. The zero-order valence-corrected chi connectivity index (χ0v) is 23.9. The average Bonchev–Trinajstić information content (AvgIpc) is 3.10. The van der Waals surface area contributed by atoms with Gasteiger partial charge in [-0.25, -0.2) is 0 Å². The first-order valence-corrected chi connectivity index (χ1v) is 12.7. The van der Waals surface area contributed by atoms with Crippen LogP contribution in [0.1, 0.15) is 16.7 Å². The number of pyridine rings is 6. The predicted molar refractivity (Wildman–Crippen MR) is 166 cm³/mol. The summed E-state index contributed by atoms with van der Waals surface area (Å²) in [4.78, 5) is 25.2. The molecule has 0 aliphatic rings. The van der Waals surface area contributed by atoms with Crippen LogP contribution in [0.4, 0.5) is 0 Å². The third-order valence-electron chi connectivity index (χ3n) is 5.57. The van der Waals surface area contributed by atoms with Crippen LogP contribution in [-0.2, 0) is 16.8 Å². The van der Waals surface area contributed by atoms with E-state index in [1.54, 1.807) is 37.2 Å². The molecule has 0 aliphatic carbocycles. The van der Waals surface area contributed by atoms with Crippen LogP contribution in [0.3, 0.4) is 0 Å². The Hall–Kier alpha value is -5.91. The third-order valence-corrected chi connectivity index (χ3v) is 5.57. The summed E-state index contributed by atoms with van der Waals surface area (Å²) in [5.41, 5.74) is 7.43. The molecule has 7 heteroatoms. The van der Waals surface area contributed by atoms with E-state index >= 15 is 0 Å². The molecule has 0 saturated heterocycles. The molecule has 0 aromatic carbocycles. The van der Waals surface area contributed by atoms with Crippen molar-refractivity contribution in [1.82, 2.24) is 29.9 Å². The third kappa shape index (κ3) is 9.60. The quantitative estimate of drug-likeness (QED) is 0.220. The van der Waals surface area contributed by atoms with Crippen LogP contribution in [0.2, 0.25) is 0 Å². The van der Waals surface area contributed by atoms with Crippen molar-refractivity contribution in [3.8, 4) is 71.2 Å². The normalized spacial score (nSPS) is 9.14. The van der Waals surface area contributed by atoms with Gasteiger partial charge in [0.1, 0.15) is 0 Å². The number of rotatable bonds is 3. The largest absolute Gasteiger partial charge is 2.00 e. The Kier molecular flexibility index (Phi) is 12.5. The summed E-state index contributed by atoms with van der Waals surface area (Å²) in [7, 11) is 0. The molecule has 205 valence electrons. The summed E-state index contributed by atoms with van der Waals surface area (Å²) in [6.45, 7) is 0. The van der Waals surface area contributed by atoms with Gasteiger partial charge in [-0.1, -0.05) is 36.0 Å². The van der Waals surface area contributed by atoms with Crippen molar-refractivity contribution in [1.29, 1.82) is 0 Å². The molecule has 0 unspecified atom stereocenters. The molecule has 0 atom stereocenters. The fourth-order valence-corrected chi connectivity index (χ4v) is 3.44. The smallest absolute Gasteiger partial charge is 0.255 e. The molecule has 0 fully saturated rings. The number of hydrogen-bond acceptors (Lipinski definition) is 6. The minimum absolute atomic E-state index is 0. The molecule has 0 N–H and O–H groups in total. The van der Waals surface area contributed by atoms with Gasteiger partial charge in [0.15, 0.2) is 0 Å². The molecule has 6 nitrogen and oxygen atoms in total. The van der Waals surface area contributed by atoms with Crippen LogP contribution in [0.5, 0.6) is 0 Å². The summed E-state index contributed by atoms with van der Waals surface area (Å²) in [5, 5.41) is 0. The minimum Gasteiger partial charge on any atom is -0.255 e. The van der Waals surface area contributed by atoms with E-state index in [0.717, 1.165) is 50.9 Å². The Balaban J connectivity index is 0.000000175. The molecule has 6 heterocycles. The molecule has 1 radical (unpaired) electrons. The monoisotopic (exact) mass is 599 g/mol. The van der Waals surface area contributed by atoms with Crippen LogP contribution >= 0.6 is 0 Å². The van der Waals surface area contributed by atoms with Gasteiger partial charge in [-0.3, -0.25) is 29.9 Å². The second-order valence-corrected chi connectivity index (χ2v) is 8.37. The Morgan fingerprint density at radius 2 is 0.628 bits per heavy atom. The first-order valence-electron chi connectivity index (χ1n) is 12.7. The fraction of sp³-hybridized carbons (Fsp3) is 0. The molecule has 6 aromatic rings. The van der Waals surface area contributed by atoms with Gasteiger partial charge < -0.3 is 0 Å². The standard InChI is InChI=1S/3C12H8N2.Co/c3*1-2-10-6-7-12(14-9-10)11-5-3-4-8-13-11;/h3*1,3-9H;/q;;;+2. The van der Waals surface area contributed by atoms with Gasteiger partial charge in [0.25, 0.3) is 0 Å². The fourth-order valence-electron chi connectivity index (χ4n) is 3.44. The Labute approximate surface area is 262 Å². The zero-order valence-electron chi connectivity index (χ0n) is 22.9. The summed E-state index contributed by atoms with van der Waals surface area (Å²) >= 11 is 0. The molecule has 0 spiro atoms. The topological polar surface area (TPSA) is 77.3 Å². The van der Waals surface area contributed by atoms with Crippen LogP contribution < -0.4 is 0 Å². The van der Waals surface area contributed by atoms with Gasteiger partial charge in [-0.15, -0.1) is 19.3 Å². The Morgan fingerprint density at radius 1 is 0.349 bits per heavy atom. The summed E-state index contributed by atoms with van der Waals surface area (Å²) in [5.74, 6) is 7.57. The Morgan fingerprint density at radius 3 is 0.814 bits per heavy atom. The van der Waals surface area contributed by atoms with Gasteiger partial charge >= 0.3 is 16.8 Å². The second-order valence-electron chi connectivity index (χ2n) is 8.37. The van der Waals surface area contributed by atoms with E-state index in [0.29, 0.717) is 0 Å². The molecule has 43 heavy (non-hydrogen) atoms. The molecule has 0 amide bonds. The van der Waals surface area contributed by atoms with E-state index in [2.05, 4.69) is 47.7 Å². The van der Waals surface area contributed by atoms with Gasteiger partial charge in [-0.2, -0.15) is 0 Å². The van der Waals surface area contributed by atoms with Crippen molar-refractivity contribution >= 4 is 0 Å². The predicted octanol–water partition coefficient (Wildman–Crippen LogP) is 6.37. The molecule has 6 rings (SSSR count). The minimum atomic E-state index is 0. The van der Waals surface area contributed by atoms with Crippen molar-refractivity contribution in [2.45, 2.75) is 0 Å². The molecule has 0 saturated carbocycles. The maximum atomic E-state index is 5.23. The van der Waals surface area contributed by atoms with Crippen LogP contribution in [0.15, 0.2) is 128 Å². The summed E-state index contributed by atoms with van der Waals surface area (Å²) in [6, 6.07) is 28.3. The van der Waals surface area contributed by atoms with E-state index in [9.17, 15) is 0 Å². The van der Waals surface area contributed by atoms with Crippen LogP contribution in [-0.4, -0.2) is 29.9 Å². The van der Waals surface area contributed by atoms with Crippen molar-refractivity contribution in [2.75, 3.05) is 0 Å². The van der Waals surface area contributed by atoms with Gasteiger partial charge in [0.2, 0.25) is 0 Å². The van der Waals surface area contributed by atoms with Gasteiger partial charge in [0.05, 0.1) is 34.2 Å². The zero-order chi connectivity index (χ0) is 29.4. The number of aromatic nitrogens is 6. The maximum Gasteiger partial charge on any atom is 2.00 e. The number of nitrogens with zero attached hydrogens (tertiary/aromatic N) is 6. The summed E-state index contributed by atoms with van der Waals surface area (Å²) in [6.07, 6.45) is 25.9. The van der Waals surface area contributed by atoms with Crippen molar-refractivity contribution in [3.63, 3.8) is 0 Å². The van der Waals surface area contributed by atoms with E-state index < -0.39 is 0 Å². The van der Waals surface area contributed by atoms with Crippen molar-refractivity contribution in [3.05, 3.63) is 145 Å². The Bertz CT molecular complexity index is 1580. The average molecular weight is 600 g/mol. The molecular formula is C36H24CoN6+2. The molecule has 0 aliphatic heterocycles. The number of terminal acetylenes is 3. The molecule has 6 aromatic heterocycles. The van der Waals surface area contributed by atoms with E-state index in [1.807, 2.05) is 91.0 Å². The van der Waals surface area contributed by atoms with Crippen LogP contribution in [0.25, 0.3) is 34.2 Å². The molecular weight excluding hydrogens is 575 g/mol. The van der Waals surface area contributed by atoms with Crippen LogP contribution in [0, 0.1) is 37.0 Å². The van der Waals surface area contributed by atoms with E-state index in [-0.39, 0.29) is 16.8 Å². The first-order chi connectivity index (χ1) is 20.7. The van der Waals surface area contributed by atoms with Gasteiger partial charge in [0, 0.05) is 53.9 Å². The van der Waals surface area contributed by atoms with Crippen molar-refractivity contribution in [2.24, 2.45) is 0 Å². The first kappa shape index (κ1) is 31.6. The number of hydrogen-bond donors (Lipinski definition) is 0. The van der Waals surface area contributed by atoms with E-state index in [4.69, 9.17) is 19.3 Å². The van der Waals surface area contributed by atoms with Gasteiger partial charge in [-0.05, 0) is 72.8 Å². The maximum absolute atomic E-state index is 5.23. The van der Waals surface area contributed by atoms with Crippen molar-refractivity contribution < 1.29 is 16.8 Å².